The molecule has 1 amide bonds. The number of methoxy groups -OCH3 is 2. The van der Waals surface area contributed by atoms with Gasteiger partial charge in [0.25, 0.3) is 0 Å². The number of hydrogen-bond acceptors (Lipinski definition) is 5. The first-order valence-corrected chi connectivity index (χ1v) is 11.1. The van der Waals surface area contributed by atoms with Crippen LogP contribution < -0.4 is 14.8 Å². The maximum Gasteiger partial charge on any atom is 0.249 e. The summed E-state index contributed by atoms with van der Waals surface area (Å²) in [6.07, 6.45) is 5.66. The van der Waals surface area contributed by atoms with Crippen molar-refractivity contribution in [2.75, 3.05) is 40.4 Å². The molecule has 1 N–H and O–H groups in total. The number of nitriles is 1. The second-order valence-corrected chi connectivity index (χ2v) is 7.84. The third-order valence-electron chi connectivity index (χ3n) is 5.64. The number of nitrogens with zero attached hydrogens (tertiary/aromatic N) is 2. The number of rotatable bonds is 11. The molecule has 2 aromatic carbocycles. The third-order valence-corrected chi connectivity index (χ3v) is 5.64. The molecule has 0 bridgehead atoms. The van der Waals surface area contributed by atoms with Gasteiger partial charge in [-0.2, -0.15) is 5.26 Å². The number of amides is 1. The van der Waals surface area contributed by atoms with Gasteiger partial charge in [0.05, 0.1) is 25.9 Å². The average molecular weight is 434 g/mol. The fraction of sp³-hybridized carbons (Fsp3) is 0.385. The Bertz CT molecular complexity index is 977. The maximum atomic E-state index is 12.6. The van der Waals surface area contributed by atoms with Crippen LogP contribution in [0.4, 0.5) is 0 Å². The van der Waals surface area contributed by atoms with E-state index in [0.717, 1.165) is 74.5 Å². The molecule has 0 unspecified atom stereocenters. The zero-order valence-electron chi connectivity index (χ0n) is 18.9. The van der Waals surface area contributed by atoms with E-state index in [0.29, 0.717) is 5.56 Å². The summed E-state index contributed by atoms with van der Waals surface area (Å²) in [5.74, 6) is 1.64. The first kappa shape index (κ1) is 23.4. The predicted octanol–water partition coefficient (Wildman–Crippen LogP) is 3.80. The van der Waals surface area contributed by atoms with Crippen LogP contribution in [0.3, 0.4) is 0 Å². The highest BCUT2D eigenvalue weighted by Crippen LogP contribution is 2.28. The Labute approximate surface area is 190 Å². The highest BCUT2D eigenvalue weighted by molar-refractivity contribution is 5.99. The minimum Gasteiger partial charge on any atom is -0.493 e. The van der Waals surface area contributed by atoms with Gasteiger partial charge in [0, 0.05) is 18.7 Å². The summed E-state index contributed by atoms with van der Waals surface area (Å²) in [4.78, 5) is 14.6. The Morgan fingerprint density at radius 1 is 1.06 bits per heavy atom. The zero-order valence-corrected chi connectivity index (χ0v) is 18.9. The molecule has 1 aliphatic heterocycles. The molecule has 0 radical (unpaired) electrons. The molecule has 6 nitrogen and oxygen atoms in total. The lowest BCUT2D eigenvalue weighted by atomic mass is 10.1. The molecular weight excluding hydrogens is 402 g/mol. The Morgan fingerprint density at radius 2 is 1.81 bits per heavy atom. The largest absolute Gasteiger partial charge is 0.493 e. The molecular formula is C26H31N3O3. The van der Waals surface area contributed by atoms with Gasteiger partial charge in [-0.05, 0) is 80.2 Å². The fourth-order valence-electron chi connectivity index (χ4n) is 3.84. The third kappa shape index (κ3) is 6.35. The van der Waals surface area contributed by atoms with Crippen LogP contribution in [-0.4, -0.2) is 51.2 Å². The standard InChI is InChI=1S/C26H31N3O3/c1-31-24-11-10-20(18-25(24)32-2)5-3-13-28-14-4-15-29-16-12-23(26(29)30)17-21-6-8-22(19-27)9-7-21/h6-11,17-18,28H,3-5,12-16H2,1-2H3/b23-17+. The van der Waals surface area contributed by atoms with Gasteiger partial charge < -0.3 is 19.7 Å². The Kier molecular flexibility index (Phi) is 8.70. The molecule has 0 spiro atoms. The van der Waals surface area contributed by atoms with Crippen LogP contribution in [0.25, 0.3) is 6.08 Å². The van der Waals surface area contributed by atoms with Gasteiger partial charge in [0.2, 0.25) is 5.91 Å². The van der Waals surface area contributed by atoms with Gasteiger partial charge in [-0.25, -0.2) is 0 Å². The van der Waals surface area contributed by atoms with E-state index in [1.165, 1.54) is 5.56 Å². The van der Waals surface area contributed by atoms with Crippen LogP contribution in [0.2, 0.25) is 0 Å². The summed E-state index contributed by atoms with van der Waals surface area (Å²) in [6, 6.07) is 15.5. The molecule has 2 aromatic rings. The van der Waals surface area contributed by atoms with E-state index >= 15 is 0 Å². The fourth-order valence-corrected chi connectivity index (χ4v) is 3.84. The summed E-state index contributed by atoms with van der Waals surface area (Å²) in [6.45, 7) is 3.38. The van der Waals surface area contributed by atoms with Crippen molar-refractivity contribution in [2.24, 2.45) is 0 Å². The van der Waals surface area contributed by atoms with E-state index < -0.39 is 0 Å². The van der Waals surface area contributed by atoms with Crippen LogP contribution in [0.15, 0.2) is 48.0 Å². The van der Waals surface area contributed by atoms with Crippen molar-refractivity contribution in [1.82, 2.24) is 10.2 Å². The summed E-state index contributed by atoms with van der Waals surface area (Å²) in [5, 5.41) is 12.4. The molecule has 6 heteroatoms. The first-order valence-electron chi connectivity index (χ1n) is 11.1. The van der Waals surface area contributed by atoms with Crippen molar-refractivity contribution in [3.63, 3.8) is 0 Å². The van der Waals surface area contributed by atoms with Crippen molar-refractivity contribution < 1.29 is 14.3 Å². The van der Waals surface area contributed by atoms with Gasteiger partial charge in [0.1, 0.15) is 0 Å². The minimum absolute atomic E-state index is 0.128. The van der Waals surface area contributed by atoms with Crippen LogP contribution in [0.5, 0.6) is 11.5 Å². The molecule has 1 saturated heterocycles. The molecule has 0 saturated carbocycles. The monoisotopic (exact) mass is 433 g/mol. The van der Waals surface area contributed by atoms with Gasteiger partial charge in [0.15, 0.2) is 11.5 Å². The van der Waals surface area contributed by atoms with Crippen LogP contribution in [0.1, 0.15) is 36.0 Å². The lowest BCUT2D eigenvalue weighted by molar-refractivity contribution is -0.124. The number of carbonyl (C=O) groups excluding carboxylic acids is 1. The summed E-state index contributed by atoms with van der Waals surface area (Å²) < 4.78 is 10.6. The van der Waals surface area contributed by atoms with Crippen molar-refractivity contribution in [3.05, 3.63) is 64.7 Å². The quantitative estimate of drug-likeness (QED) is 0.431. The second kappa shape index (κ2) is 11.9. The van der Waals surface area contributed by atoms with E-state index in [2.05, 4.69) is 17.5 Å². The summed E-state index contributed by atoms with van der Waals surface area (Å²) >= 11 is 0. The van der Waals surface area contributed by atoms with Crippen LogP contribution in [0, 0.1) is 11.3 Å². The number of carbonyl (C=O) groups is 1. The van der Waals surface area contributed by atoms with E-state index in [9.17, 15) is 4.79 Å². The zero-order chi connectivity index (χ0) is 22.8. The van der Waals surface area contributed by atoms with E-state index in [4.69, 9.17) is 14.7 Å². The molecule has 3 rings (SSSR count). The van der Waals surface area contributed by atoms with Crippen LogP contribution >= 0.6 is 0 Å². The van der Waals surface area contributed by atoms with Crippen LogP contribution in [-0.2, 0) is 11.2 Å². The summed E-state index contributed by atoms with van der Waals surface area (Å²) in [7, 11) is 3.30. The molecule has 0 atom stereocenters. The Hall–Kier alpha value is -3.30. The maximum absolute atomic E-state index is 12.6. The number of ether oxygens (including phenoxy) is 2. The molecule has 168 valence electrons. The van der Waals surface area contributed by atoms with Gasteiger partial charge in [-0.3, -0.25) is 4.79 Å². The lowest BCUT2D eigenvalue weighted by Gasteiger charge is -2.15. The van der Waals surface area contributed by atoms with Crippen molar-refractivity contribution >= 4 is 12.0 Å². The highest BCUT2D eigenvalue weighted by atomic mass is 16.5. The topological polar surface area (TPSA) is 74.6 Å². The molecule has 0 aromatic heterocycles. The number of aryl methyl sites for hydroxylation is 1. The number of likely N-dealkylation sites (tertiary alicyclic amines) is 1. The van der Waals surface area contributed by atoms with Crippen molar-refractivity contribution in [3.8, 4) is 17.6 Å². The predicted molar refractivity (Wildman–Crippen MR) is 126 cm³/mol. The molecule has 32 heavy (non-hydrogen) atoms. The molecule has 0 aliphatic carbocycles. The Morgan fingerprint density at radius 3 is 2.53 bits per heavy atom. The van der Waals surface area contributed by atoms with Gasteiger partial charge in [-0.15, -0.1) is 0 Å². The van der Waals surface area contributed by atoms with Crippen molar-refractivity contribution in [2.45, 2.75) is 25.7 Å². The highest BCUT2D eigenvalue weighted by Gasteiger charge is 2.24. The smallest absolute Gasteiger partial charge is 0.249 e. The first-order chi connectivity index (χ1) is 15.6. The van der Waals surface area contributed by atoms with E-state index in [-0.39, 0.29) is 5.91 Å². The molecule has 1 aliphatic rings. The summed E-state index contributed by atoms with van der Waals surface area (Å²) in [5.41, 5.74) is 3.67. The van der Waals surface area contributed by atoms with Gasteiger partial charge >= 0.3 is 0 Å². The number of hydrogen-bond donors (Lipinski definition) is 1. The average Bonchev–Trinajstić information content (AvgIpc) is 3.17. The SMILES string of the molecule is COc1ccc(CCCNCCCN2CC/C(=C\c3ccc(C#N)cc3)C2=O)cc1OC. The second-order valence-electron chi connectivity index (χ2n) is 7.84. The number of benzene rings is 2. The molecule has 1 fully saturated rings. The normalized spacial score (nSPS) is 14.6. The lowest BCUT2D eigenvalue weighted by Crippen LogP contribution is -2.29. The Balaban J connectivity index is 1.33. The van der Waals surface area contributed by atoms with E-state index in [1.54, 1.807) is 26.4 Å². The van der Waals surface area contributed by atoms with Gasteiger partial charge in [-0.1, -0.05) is 18.2 Å². The number of nitrogens with one attached hydrogen (secondary N) is 1. The minimum atomic E-state index is 0.128. The van der Waals surface area contributed by atoms with E-state index in [1.807, 2.05) is 35.2 Å². The van der Waals surface area contributed by atoms with Crippen molar-refractivity contribution in [1.29, 1.82) is 5.26 Å². The molecule has 1 heterocycles.